The first-order valence-corrected chi connectivity index (χ1v) is 35.9. The van der Waals surface area contributed by atoms with Gasteiger partial charge in [-0.05, 0) is 165 Å². The molecule has 22 nitrogen and oxygen atoms in total. The van der Waals surface area contributed by atoms with E-state index in [1.807, 2.05) is 55.5 Å². The zero-order valence-corrected chi connectivity index (χ0v) is 58.7. The Morgan fingerprint density at radius 3 is 0.979 bits per heavy atom. The molecule has 0 unspecified atom stereocenters. The Labute approximate surface area is 568 Å². The zero-order chi connectivity index (χ0) is 67.4. The van der Waals surface area contributed by atoms with Crippen molar-refractivity contribution in [2.75, 3.05) is 95.0 Å². The third-order valence-electron chi connectivity index (χ3n) is 16.2. The number of benzene rings is 4. The number of carbonyl (C=O) groups excluding carboxylic acids is 4. The molecule has 0 radical (unpaired) electrons. The SMILES string of the molecule is CCN(CC)c1ccc(CC(=O)Nc2nnc([C@H]3CCC[C@H](c4nnc(NC(=O)Cc5ccc(N(CC)CC)cc5)s4)C3)s2)cc1.CCOC(=O)Cc1ccc(N(CC)CC)cc1.CCOC(=O)Cc1ccc(N)cc1.Nc1nnc([C@H]2CCC[C@H](c3nnc(N)s3)C2)s1. The summed E-state index contributed by atoms with van der Waals surface area (Å²) in [6.07, 6.45) is 9.75. The lowest BCUT2D eigenvalue weighted by Crippen LogP contribution is -2.21. The molecule has 0 bridgehead atoms. The first kappa shape index (κ1) is 73.2. The molecule has 10 rings (SSSR count). The summed E-state index contributed by atoms with van der Waals surface area (Å²) in [5.41, 5.74) is 24.9. The summed E-state index contributed by atoms with van der Waals surface area (Å²) in [5, 5.41) is 45.6. The average Bonchev–Trinajstić information content (AvgIpc) is 1.98. The summed E-state index contributed by atoms with van der Waals surface area (Å²) in [4.78, 5) is 54.7. The molecule has 504 valence electrons. The highest BCUT2D eigenvalue weighted by atomic mass is 32.1. The molecule has 2 fully saturated rings. The van der Waals surface area contributed by atoms with Crippen LogP contribution in [0.1, 0.15) is 173 Å². The maximum Gasteiger partial charge on any atom is 0.310 e. The van der Waals surface area contributed by atoms with Gasteiger partial charge in [-0.15, -0.1) is 40.8 Å². The van der Waals surface area contributed by atoms with Crippen molar-refractivity contribution in [1.29, 1.82) is 0 Å². The van der Waals surface area contributed by atoms with Gasteiger partial charge in [0, 0.05) is 85.7 Å². The number of nitrogens with two attached hydrogens (primary N) is 3. The number of esters is 2. The highest BCUT2D eigenvalue weighted by Gasteiger charge is 2.31. The molecular formula is C68H92N16O6S4. The molecule has 0 saturated heterocycles. The van der Waals surface area contributed by atoms with Crippen molar-refractivity contribution >= 4 is 112 Å². The average molecular weight is 1360 g/mol. The van der Waals surface area contributed by atoms with Crippen molar-refractivity contribution in [1.82, 2.24) is 40.8 Å². The fraction of sp³-hybridized carbons (Fsp3) is 0.471. The number of carbonyl (C=O) groups is 4. The Morgan fingerprint density at radius 1 is 0.404 bits per heavy atom. The lowest BCUT2D eigenvalue weighted by Gasteiger charge is -2.25. The lowest BCUT2D eigenvalue weighted by molar-refractivity contribution is -0.143. The molecule has 26 heteroatoms. The molecule has 8 N–H and O–H groups in total. The van der Waals surface area contributed by atoms with Gasteiger partial charge in [-0.3, -0.25) is 19.2 Å². The predicted octanol–water partition coefficient (Wildman–Crippen LogP) is 12.9. The summed E-state index contributed by atoms with van der Waals surface area (Å²) in [5.74, 6) is 0.828. The van der Waals surface area contributed by atoms with Crippen LogP contribution < -0.4 is 42.5 Å². The minimum Gasteiger partial charge on any atom is -0.466 e. The van der Waals surface area contributed by atoms with Crippen molar-refractivity contribution in [3.8, 4) is 0 Å². The smallest absolute Gasteiger partial charge is 0.310 e. The van der Waals surface area contributed by atoms with E-state index in [4.69, 9.17) is 26.7 Å². The van der Waals surface area contributed by atoms with Crippen LogP contribution in [-0.2, 0) is 54.3 Å². The van der Waals surface area contributed by atoms with Crippen LogP contribution in [0.5, 0.6) is 0 Å². The summed E-state index contributed by atoms with van der Waals surface area (Å²) < 4.78 is 9.72. The highest BCUT2D eigenvalue weighted by Crippen LogP contribution is 2.45. The first-order valence-electron chi connectivity index (χ1n) is 32.6. The second-order valence-electron chi connectivity index (χ2n) is 22.6. The Balaban J connectivity index is 0.000000211. The molecule has 4 heterocycles. The van der Waals surface area contributed by atoms with Gasteiger partial charge in [-0.25, -0.2) is 0 Å². The third-order valence-corrected chi connectivity index (χ3v) is 20.1. The van der Waals surface area contributed by atoms with Crippen LogP contribution in [0.25, 0.3) is 0 Å². The van der Waals surface area contributed by atoms with Crippen LogP contribution in [0.15, 0.2) is 97.1 Å². The van der Waals surface area contributed by atoms with Gasteiger partial charge in [0.05, 0.1) is 38.9 Å². The first-order chi connectivity index (χ1) is 45.5. The fourth-order valence-corrected chi connectivity index (χ4v) is 14.7. The molecule has 0 spiro atoms. The van der Waals surface area contributed by atoms with E-state index in [0.717, 1.165) is 138 Å². The van der Waals surface area contributed by atoms with Crippen LogP contribution >= 0.6 is 45.3 Å². The van der Waals surface area contributed by atoms with Crippen LogP contribution in [-0.4, -0.2) is 117 Å². The summed E-state index contributed by atoms with van der Waals surface area (Å²) in [6, 6.07) is 31.6. The highest BCUT2D eigenvalue weighted by molar-refractivity contribution is 7.16. The van der Waals surface area contributed by atoms with E-state index in [2.05, 4.69) is 144 Å². The van der Waals surface area contributed by atoms with E-state index < -0.39 is 0 Å². The predicted molar refractivity (Wildman–Crippen MR) is 383 cm³/mol. The maximum atomic E-state index is 12.7. The number of anilines is 8. The van der Waals surface area contributed by atoms with E-state index in [9.17, 15) is 19.2 Å². The van der Waals surface area contributed by atoms with Gasteiger partial charge in [0.15, 0.2) is 0 Å². The summed E-state index contributed by atoms with van der Waals surface area (Å²) in [6.45, 7) is 23.1. The van der Waals surface area contributed by atoms with Crippen molar-refractivity contribution in [3.05, 3.63) is 139 Å². The normalized spacial score (nSPS) is 15.7. The molecule has 94 heavy (non-hydrogen) atoms. The number of rotatable bonds is 25. The zero-order valence-electron chi connectivity index (χ0n) is 55.4. The van der Waals surface area contributed by atoms with E-state index >= 15 is 0 Å². The van der Waals surface area contributed by atoms with Crippen molar-refractivity contribution in [3.63, 3.8) is 0 Å². The number of amides is 2. The molecule has 4 aromatic heterocycles. The standard InChI is InChI=1S/C34H44N8O2S2.C14H21NO2.C10H14N6S2.C10H13NO2/c1-5-41(6-2)27-16-12-23(13-17-27)20-29(43)35-33-39-37-31(45-33)25-10-9-11-26(22-25)32-38-40-34(46-32)36-30(44)21-24-14-18-28(19-15-24)42(7-3)8-4;1-4-15(5-2)13-9-7-12(8-10-13)11-14(16)17-6-3;11-9-15-13-7(17-9)5-2-1-3-6(4-5)8-14-16-10(12)18-8;1-2-13-10(12)7-8-3-5-9(11)6-4-8/h12-19,25-26H,5-11,20-22H2,1-4H3,(H,35,39,43)(H,36,40,44);7-10H,4-6,11H2,1-3H3;5-6H,1-4H2,(H2,11,15)(H2,12,16);3-6H,2,7,11H2,1H3/t25-,26-;;5-,6-;/m0.0./s1. The number of hydrogen-bond acceptors (Lipinski definition) is 24. The van der Waals surface area contributed by atoms with Crippen LogP contribution in [0.2, 0.25) is 0 Å². The van der Waals surface area contributed by atoms with Crippen LogP contribution in [0, 0.1) is 0 Å². The quantitative estimate of drug-likeness (QED) is 0.0262. The monoisotopic (exact) mass is 1360 g/mol. The maximum absolute atomic E-state index is 12.7. The third kappa shape index (κ3) is 23.1. The van der Waals surface area contributed by atoms with Gasteiger partial charge in [-0.1, -0.05) is 107 Å². The Bertz CT molecular complexity index is 3390. The molecule has 2 saturated carbocycles. The summed E-state index contributed by atoms with van der Waals surface area (Å²) in [7, 11) is 0. The molecule has 2 amide bonds. The molecule has 0 aliphatic heterocycles. The van der Waals surface area contributed by atoms with Gasteiger partial charge < -0.3 is 52.0 Å². The van der Waals surface area contributed by atoms with E-state index in [-0.39, 0.29) is 48.4 Å². The fourth-order valence-electron chi connectivity index (χ4n) is 11.3. The largest absolute Gasteiger partial charge is 0.466 e. The number of nitrogen functional groups attached to an aromatic ring is 3. The van der Waals surface area contributed by atoms with Gasteiger partial charge in [0.25, 0.3) is 0 Å². The summed E-state index contributed by atoms with van der Waals surface area (Å²) >= 11 is 5.90. The Morgan fingerprint density at radius 2 is 0.691 bits per heavy atom. The van der Waals surface area contributed by atoms with Crippen molar-refractivity contribution in [2.45, 2.75) is 156 Å². The number of nitrogens with one attached hydrogen (secondary N) is 2. The van der Waals surface area contributed by atoms with Crippen molar-refractivity contribution in [2.24, 2.45) is 0 Å². The van der Waals surface area contributed by atoms with E-state index in [1.54, 1.807) is 19.1 Å². The molecule has 8 aromatic rings. The molecule has 4 atom stereocenters. The van der Waals surface area contributed by atoms with Crippen LogP contribution in [0.4, 0.5) is 43.3 Å². The van der Waals surface area contributed by atoms with Crippen molar-refractivity contribution < 1.29 is 28.7 Å². The number of ether oxygens (including phenoxy) is 2. The number of nitrogens with zero attached hydrogens (tertiary/aromatic N) is 11. The Kier molecular flexibility index (Phi) is 29.8. The second-order valence-corrected chi connectivity index (χ2v) is 26.7. The van der Waals surface area contributed by atoms with Crippen LogP contribution in [0.3, 0.4) is 0 Å². The molecule has 4 aromatic carbocycles. The van der Waals surface area contributed by atoms with E-state index in [1.165, 1.54) is 57.5 Å². The van der Waals surface area contributed by atoms with Gasteiger partial charge in [0.1, 0.15) is 20.0 Å². The lowest BCUT2D eigenvalue weighted by atomic mass is 9.82. The topological polar surface area (TPSA) is 302 Å². The minimum absolute atomic E-state index is 0.0973. The molecule has 2 aliphatic rings. The van der Waals surface area contributed by atoms with Gasteiger partial charge in [-0.2, -0.15) is 0 Å². The minimum atomic E-state index is -0.202. The van der Waals surface area contributed by atoms with Gasteiger partial charge in [0.2, 0.25) is 32.3 Å². The van der Waals surface area contributed by atoms with Gasteiger partial charge >= 0.3 is 11.9 Å². The number of hydrogen-bond donors (Lipinski definition) is 5. The molecular weight excluding hydrogens is 1270 g/mol. The Hall–Kier alpha value is -8.20. The second kappa shape index (κ2) is 38.2. The number of aromatic nitrogens is 8. The molecule has 2 aliphatic carbocycles. The van der Waals surface area contributed by atoms with E-state index in [0.29, 0.717) is 64.1 Å².